The maximum atomic E-state index is 12.9. The fraction of sp³-hybridized carbons (Fsp3) is 0.722. The molecule has 30 heavy (non-hydrogen) atoms. The Morgan fingerprint density at radius 1 is 1.27 bits per heavy atom. The average molecular weight is 440 g/mol. The highest BCUT2D eigenvalue weighted by Crippen LogP contribution is 2.52. The summed E-state index contributed by atoms with van der Waals surface area (Å²) in [4.78, 5) is 12.3. The number of unbranched alkanes of at least 4 members (excludes halogenated alkanes) is 5. The maximum absolute atomic E-state index is 12.9. The number of hydrogen-bond acceptors (Lipinski definition) is 9. The molecule has 0 spiro atoms. The first-order valence-electron chi connectivity index (χ1n) is 10.5. The number of hydrogen-bond donors (Lipinski definition) is 3. The number of nitrogens with two attached hydrogens (primary N) is 1. The van der Waals surface area contributed by atoms with E-state index in [1.165, 1.54) is 31.9 Å². The molecular formula is C18H29N6O5P. The highest BCUT2D eigenvalue weighted by atomic mass is 31.2. The van der Waals surface area contributed by atoms with Crippen LogP contribution in [-0.2, 0) is 18.3 Å². The molecular weight excluding hydrogens is 411 g/mol. The van der Waals surface area contributed by atoms with Gasteiger partial charge in [0.25, 0.3) is 0 Å². The van der Waals surface area contributed by atoms with Gasteiger partial charge in [0.15, 0.2) is 17.7 Å². The van der Waals surface area contributed by atoms with Crippen LogP contribution in [0.5, 0.6) is 0 Å². The molecule has 0 amide bonds. The van der Waals surface area contributed by atoms with Crippen LogP contribution in [0.3, 0.4) is 0 Å². The first-order chi connectivity index (χ1) is 14.5. The van der Waals surface area contributed by atoms with E-state index in [1.807, 2.05) is 0 Å². The summed E-state index contributed by atoms with van der Waals surface area (Å²) in [5, 5.41) is 13.7. The third-order valence-electron chi connectivity index (χ3n) is 5.48. The number of ether oxygens (including phenoxy) is 1. The molecule has 0 bridgehead atoms. The summed E-state index contributed by atoms with van der Waals surface area (Å²) >= 11 is 0. The second-order valence-corrected chi connectivity index (χ2v) is 9.46. The number of fused-ring (bicyclic) bond motifs is 2. The molecule has 1 unspecified atom stereocenters. The minimum atomic E-state index is -3.50. The number of anilines is 1. The monoisotopic (exact) mass is 440 g/mol. The van der Waals surface area contributed by atoms with Gasteiger partial charge in [-0.05, 0) is 6.42 Å². The van der Waals surface area contributed by atoms with Crippen molar-refractivity contribution in [2.45, 2.75) is 70.0 Å². The fourth-order valence-electron chi connectivity index (χ4n) is 3.84. The van der Waals surface area contributed by atoms with Gasteiger partial charge < -0.3 is 15.6 Å². The predicted molar refractivity (Wildman–Crippen MR) is 109 cm³/mol. The van der Waals surface area contributed by atoms with E-state index >= 15 is 0 Å². The molecule has 2 fully saturated rings. The van der Waals surface area contributed by atoms with Gasteiger partial charge in [-0.2, -0.15) is 0 Å². The zero-order valence-electron chi connectivity index (χ0n) is 17.0. The largest absolute Gasteiger partial charge is 0.406 e. The number of aromatic nitrogens is 4. The van der Waals surface area contributed by atoms with Crippen LogP contribution in [0.15, 0.2) is 12.7 Å². The number of imidazole rings is 1. The standard InChI is InChI=1S/C18H29N6O5P/c1-2-3-4-5-6-7-8-23-30(26)27-9-12-15(29-30)14(25)18(28-12)24-11-22-13-16(19)20-10-21-17(13)24/h10-12,14-15,18,25H,2-9H2,1H3,(H,23,26)(H2,19,20,21)/t12-,14-,15-,18-,30?/m1/s1. The molecule has 4 heterocycles. The van der Waals surface area contributed by atoms with Gasteiger partial charge in [0.05, 0.1) is 12.9 Å². The Labute approximate surface area is 174 Å². The SMILES string of the molecule is CCCCCCCCNP1(=O)OC[C@H]2O[C@@H](n3cnc4c(N)ncnc43)[C@H](O)[C@@H]2O1. The van der Waals surface area contributed by atoms with Crippen molar-refractivity contribution in [1.82, 2.24) is 24.6 Å². The van der Waals surface area contributed by atoms with Crippen LogP contribution in [0.1, 0.15) is 51.7 Å². The Hall–Kier alpha value is -1.62. The Morgan fingerprint density at radius 2 is 2.07 bits per heavy atom. The smallest absolute Gasteiger partial charge is 0.386 e. The third-order valence-corrected chi connectivity index (χ3v) is 7.10. The molecule has 4 rings (SSSR count). The summed E-state index contributed by atoms with van der Waals surface area (Å²) in [6.45, 7) is 2.77. The van der Waals surface area contributed by atoms with Crippen LogP contribution in [-0.4, -0.2) is 56.1 Å². The maximum Gasteiger partial charge on any atom is 0.406 e. The zero-order valence-corrected chi connectivity index (χ0v) is 17.9. The van der Waals surface area contributed by atoms with E-state index in [4.69, 9.17) is 19.5 Å². The lowest BCUT2D eigenvalue weighted by atomic mass is 10.1. The van der Waals surface area contributed by atoms with Gasteiger partial charge in [-0.1, -0.05) is 39.0 Å². The van der Waals surface area contributed by atoms with E-state index in [0.717, 1.165) is 19.3 Å². The van der Waals surface area contributed by atoms with Crippen LogP contribution in [0, 0.1) is 0 Å². The molecule has 2 aliphatic heterocycles. The van der Waals surface area contributed by atoms with Crippen molar-refractivity contribution in [2.75, 3.05) is 18.9 Å². The number of nitrogen functional groups attached to an aromatic ring is 1. The Balaban J connectivity index is 1.36. The molecule has 11 nitrogen and oxygen atoms in total. The van der Waals surface area contributed by atoms with Crippen LogP contribution >= 0.6 is 7.75 Å². The Kier molecular flexibility index (Phi) is 6.66. The number of rotatable bonds is 9. The lowest BCUT2D eigenvalue weighted by Gasteiger charge is -2.31. The number of aliphatic hydroxyl groups is 1. The summed E-state index contributed by atoms with van der Waals surface area (Å²) < 4.78 is 31.6. The topological polar surface area (TPSA) is 147 Å². The van der Waals surface area contributed by atoms with Gasteiger partial charge in [0.1, 0.15) is 30.2 Å². The second-order valence-electron chi connectivity index (χ2n) is 7.68. The van der Waals surface area contributed by atoms with Crippen molar-refractivity contribution in [3.8, 4) is 0 Å². The van der Waals surface area contributed by atoms with Gasteiger partial charge >= 0.3 is 7.75 Å². The van der Waals surface area contributed by atoms with Gasteiger partial charge in [0, 0.05) is 6.54 Å². The normalized spacial score (nSPS) is 31.3. The lowest BCUT2D eigenvalue weighted by Crippen LogP contribution is -2.41. The molecule has 0 saturated carbocycles. The van der Waals surface area contributed by atoms with Crippen molar-refractivity contribution < 1.29 is 23.5 Å². The highest BCUT2D eigenvalue weighted by Gasteiger charge is 2.52. The quantitative estimate of drug-likeness (QED) is 0.391. The molecule has 2 saturated heterocycles. The molecule has 166 valence electrons. The predicted octanol–water partition coefficient (Wildman–Crippen LogP) is 2.14. The molecule has 5 atom stereocenters. The summed E-state index contributed by atoms with van der Waals surface area (Å²) in [7, 11) is -3.50. The lowest BCUT2D eigenvalue weighted by molar-refractivity contribution is -0.0595. The molecule has 2 aromatic heterocycles. The number of nitrogens with zero attached hydrogens (tertiary/aromatic N) is 4. The van der Waals surface area contributed by atoms with E-state index in [0.29, 0.717) is 17.7 Å². The first kappa shape index (κ1) is 21.6. The van der Waals surface area contributed by atoms with E-state index in [-0.39, 0.29) is 12.4 Å². The van der Waals surface area contributed by atoms with Crippen molar-refractivity contribution >= 4 is 24.7 Å². The summed E-state index contributed by atoms with van der Waals surface area (Å²) in [6, 6.07) is 0. The van der Waals surface area contributed by atoms with Gasteiger partial charge in [-0.3, -0.25) is 13.6 Å². The molecule has 2 aliphatic rings. The van der Waals surface area contributed by atoms with Crippen molar-refractivity contribution in [3.05, 3.63) is 12.7 Å². The summed E-state index contributed by atoms with van der Waals surface area (Å²) in [5.41, 5.74) is 6.69. The Morgan fingerprint density at radius 3 is 2.90 bits per heavy atom. The minimum absolute atomic E-state index is 0.0583. The second kappa shape index (κ2) is 9.25. The molecule has 0 aromatic carbocycles. The van der Waals surface area contributed by atoms with Gasteiger partial charge in [-0.15, -0.1) is 0 Å². The zero-order chi connectivity index (χ0) is 21.1. The van der Waals surface area contributed by atoms with Crippen molar-refractivity contribution in [1.29, 1.82) is 0 Å². The number of nitrogens with one attached hydrogen (secondary N) is 1. The van der Waals surface area contributed by atoms with E-state index in [9.17, 15) is 9.67 Å². The molecule has 0 aliphatic carbocycles. The van der Waals surface area contributed by atoms with Crippen LogP contribution in [0.4, 0.5) is 5.82 Å². The van der Waals surface area contributed by atoms with Crippen molar-refractivity contribution in [2.24, 2.45) is 0 Å². The minimum Gasteiger partial charge on any atom is -0.386 e. The highest BCUT2D eigenvalue weighted by molar-refractivity contribution is 7.51. The van der Waals surface area contributed by atoms with Crippen LogP contribution in [0.25, 0.3) is 11.2 Å². The molecule has 12 heteroatoms. The third kappa shape index (κ3) is 4.37. The van der Waals surface area contributed by atoms with Crippen LogP contribution < -0.4 is 10.8 Å². The molecule has 4 N–H and O–H groups in total. The van der Waals surface area contributed by atoms with Gasteiger partial charge in [0.2, 0.25) is 0 Å². The summed E-state index contributed by atoms with van der Waals surface area (Å²) in [6.07, 6.45) is 6.35. The van der Waals surface area contributed by atoms with Crippen molar-refractivity contribution in [3.63, 3.8) is 0 Å². The van der Waals surface area contributed by atoms with Crippen LogP contribution in [0.2, 0.25) is 0 Å². The molecule has 2 aromatic rings. The average Bonchev–Trinajstić information content (AvgIpc) is 3.29. The van der Waals surface area contributed by atoms with E-state index in [1.54, 1.807) is 4.57 Å². The van der Waals surface area contributed by atoms with E-state index < -0.39 is 32.3 Å². The first-order valence-corrected chi connectivity index (χ1v) is 12.0. The fourth-order valence-corrected chi connectivity index (χ4v) is 5.42. The Bertz CT molecular complexity index is 910. The molecule has 0 radical (unpaired) electrons. The van der Waals surface area contributed by atoms with E-state index in [2.05, 4.69) is 27.0 Å². The summed E-state index contributed by atoms with van der Waals surface area (Å²) in [5.74, 6) is 0.242. The van der Waals surface area contributed by atoms with Gasteiger partial charge in [-0.25, -0.2) is 24.6 Å². The number of aliphatic hydroxyl groups excluding tert-OH is 1.